The van der Waals surface area contributed by atoms with E-state index in [1.54, 1.807) is 9.80 Å². The van der Waals surface area contributed by atoms with E-state index >= 15 is 0 Å². The van der Waals surface area contributed by atoms with Crippen LogP contribution in [0.1, 0.15) is 41.5 Å². The molecular weight excluding hydrogens is 512 g/mol. The van der Waals surface area contributed by atoms with Gasteiger partial charge in [-0.3, -0.25) is 10.9 Å². The van der Waals surface area contributed by atoms with E-state index in [4.69, 9.17) is 9.47 Å². The van der Waals surface area contributed by atoms with Crippen LogP contribution < -0.4 is 20.7 Å². The quantitative estimate of drug-likeness (QED) is 0.525. The number of hydrazine groups is 1. The largest absolute Gasteiger partial charge is 0.444 e. The third-order valence-corrected chi connectivity index (χ3v) is 6.41. The lowest BCUT2D eigenvalue weighted by Gasteiger charge is -2.36. The fourth-order valence-electron chi connectivity index (χ4n) is 4.37. The normalized spacial score (nSPS) is 16.4. The van der Waals surface area contributed by atoms with Gasteiger partial charge in [0.15, 0.2) is 0 Å². The highest BCUT2D eigenvalue weighted by Gasteiger charge is 2.27. The molecule has 0 radical (unpaired) electrons. The minimum absolute atomic E-state index is 0.265. The van der Waals surface area contributed by atoms with Crippen LogP contribution >= 0.6 is 0 Å². The van der Waals surface area contributed by atoms with Crippen molar-refractivity contribution in [3.8, 4) is 0 Å². The highest BCUT2D eigenvalue weighted by Crippen LogP contribution is 2.21. The second kappa shape index (κ2) is 12.1. The molecule has 0 saturated carbocycles. The molecule has 12 nitrogen and oxygen atoms in total. The van der Waals surface area contributed by atoms with Crippen LogP contribution in [-0.2, 0) is 9.47 Å². The van der Waals surface area contributed by atoms with Crippen LogP contribution in [0.3, 0.4) is 0 Å². The van der Waals surface area contributed by atoms with Gasteiger partial charge in [0, 0.05) is 52.4 Å². The van der Waals surface area contributed by atoms with Crippen molar-refractivity contribution >= 4 is 35.2 Å². The SMILES string of the molecule is CC(C)(C)OC(=O)N1CCN(c2ccc(NNc3ccc(N4CCN(C(=O)OC(C)(C)C)CC4)cn3)nc2)CC1. The number of nitrogens with one attached hydrogen (secondary N) is 2. The molecule has 4 heterocycles. The van der Waals surface area contributed by atoms with Gasteiger partial charge in [0.05, 0.1) is 23.8 Å². The first-order valence-electron chi connectivity index (χ1n) is 13.8. The van der Waals surface area contributed by atoms with E-state index in [1.165, 1.54) is 0 Å². The van der Waals surface area contributed by atoms with Gasteiger partial charge in [-0.25, -0.2) is 19.6 Å². The van der Waals surface area contributed by atoms with Gasteiger partial charge in [0.2, 0.25) is 0 Å². The van der Waals surface area contributed by atoms with Crippen molar-refractivity contribution in [3.63, 3.8) is 0 Å². The average Bonchev–Trinajstić information content (AvgIpc) is 2.91. The van der Waals surface area contributed by atoms with Crippen LogP contribution in [0.4, 0.5) is 32.6 Å². The Hall–Kier alpha value is -3.96. The molecule has 0 aliphatic carbocycles. The smallest absolute Gasteiger partial charge is 0.410 e. The molecule has 2 amide bonds. The third kappa shape index (κ3) is 8.27. The summed E-state index contributed by atoms with van der Waals surface area (Å²) in [5, 5.41) is 0. The van der Waals surface area contributed by atoms with E-state index in [0.717, 1.165) is 37.6 Å². The van der Waals surface area contributed by atoms with Crippen LogP contribution in [0.25, 0.3) is 0 Å². The molecule has 40 heavy (non-hydrogen) atoms. The number of nitrogens with zero attached hydrogens (tertiary/aromatic N) is 6. The maximum Gasteiger partial charge on any atom is 0.410 e. The molecule has 0 atom stereocenters. The number of hydrogen-bond acceptors (Lipinski definition) is 10. The van der Waals surface area contributed by atoms with E-state index in [1.807, 2.05) is 78.2 Å². The molecule has 2 aromatic heterocycles. The molecule has 0 aromatic carbocycles. The summed E-state index contributed by atoms with van der Waals surface area (Å²) in [6.07, 6.45) is 3.11. The number of carbonyl (C=O) groups is 2. The Morgan fingerprint density at radius 3 is 1.25 bits per heavy atom. The van der Waals surface area contributed by atoms with Gasteiger partial charge >= 0.3 is 12.2 Å². The Labute approximate surface area is 236 Å². The fraction of sp³-hybridized carbons (Fsp3) is 0.571. The van der Waals surface area contributed by atoms with E-state index in [0.29, 0.717) is 37.8 Å². The van der Waals surface area contributed by atoms with Crippen molar-refractivity contribution in [1.29, 1.82) is 0 Å². The van der Waals surface area contributed by atoms with Crippen molar-refractivity contribution in [1.82, 2.24) is 19.8 Å². The zero-order valence-corrected chi connectivity index (χ0v) is 24.4. The number of hydrogen-bond donors (Lipinski definition) is 2. The Kier molecular flexibility index (Phi) is 8.75. The van der Waals surface area contributed by atoms with E-state index < -0.39 is 11.2 Å². The molecule has 0 spiro atoms. The second-order valence-electron chi connectivity index (χ2n) is 12.0. The van der Waals surface area contributed by atoms with Crippen LogP contribution in [0.2, 0.25) is 0 Å². The first-order valence-corrected chi connectivity index (χ1v) is 13.8. The molecule has 4 rings (SSSR count). The highest BCUT2D eigenvalue weighted by molar-refractivity contribution is 5.69. The van der Waals surface area contributed by atoms with Crippen molar-refractivity contribution in [2.24, 2.45) is 0 Å². The number of pyridine rings is 2. The van der Waals surface area contributed by atoms with Gasteiger partial charge in [-0.05, 0) is 65.8 Å². The summed E-state index contributed by atoms with van der Waals surface area (Å²) in [4.78, 5) is 41.5. The van der Waals surface area contributed by atoms with E-state index in [9.17, 15) is 9.59 Å². The molecule has 2 aromatic rings. The molecule has 2 N–H and O–H groups in total. The molecule has 218 valence electrons. The Morgan fingerprint density at radius 1 is 0.625 bits per heavy atom. The van der Waals surface area contributed by atoms with Gasteiger partial charge in [-0.1, -0.05) is 0 Å². The summed E-state index contributed by atoms with van der Waals surface area (Å²) in [7, 11) is 0. The number of carbonyl (C=O) groups excluding carboxylic acids is 2. The number of amides is 2. The molecular formula is C28H42N8O4. The summed E-state index contributed by atoms with van der Waals surface area (Å²) in [6, 6.07) is 7.82. The standard InChI is InChI=1S/C28H42N8O4/c1-27(2,3)39-25(37)35-15-11-33(12-16-35)21-7-9-23(29-19-21)31-32-24-10-8-22(20-30-24)34-13-17-36(18-14-34)26(38)40-28(4,5)6/h7-10,19-20H,11-18H2,1-6H3,(H,29,31)(H,30,32). The molecule has 2 saturated heterocycles. The summed E-state index contributed by atoms with van der Waals surface area (Å²) in [6.45, 7) is 16.6. The third-order valence-electron chi connectivity index (χ3n) is 6.41. The number of ether oxygens (including phenoxy) is 2. The maximum atomic E-state index is 12.3. The summed E-state index contributed by atoms with van der Waals surface area (Å²) in [5.74, 6) is 1.33. The molecule has 12 heteroatoms. The second-order valence-corrected chi connectivity index (χ2v) is 12.0. The number of aromatic nitrogens is 2. The maximum absolute atomic E-state index is 12.3. The predicted octanol–water partition coefficient (Wildman–Crippen LogP) is 4.03. The zero-order chi connectivity index (χ0) is 28.9. The van der Waals surface area contributed by atoms with Crippen molar-refractivity contribution < 1.29 is 19.1 Å². The zero-order valence-electron chi connectivity index (χ0n) is 24.4. The van der Waals surface area contributed by atoms with Gasteiger partial charge < -0.3 is 29.1 Å². The minimum atomic E-state index is -0.493. The summed E-state index contributed by atoms with van der Waals surface area (Å²) in [5.41, 5.74) is 7.20. The topological polar surface area (TPSA) is 115 Å². The number of anilines is 4. The van der Waals surface area contributed by atoms with Crippen LogP contribution in [0.15, 0.2) is 36.7 Å². The molecule has 2 aliphatic heterocycles. The minimum Gasteiger partial charge on any atom is -0.444 e. The lowest BCUT2D eigenvalue weighted by Crippen LogP contribution is -2.50. The predicted molar refractivity (Wildman–Crippen MR) is 156 cm³/mol. The molecule has 0 bridgehead atoms. The first kappa shape index (κ1) is 29.0. The summed E-state index contributed by atoms with van der Waals surface area (Å²) < 4.78 is 11.0. The first-order chi connectivity index (χ1) is 18.9. The van der Waals surface area contributed by atoms with E-state index in [2.05, 4.69) is 30.6 Å². The monoisotopic (exact) mass is 554 g/mol. The Morgan fingerprint density at radius 2 is 0.975 bits per heavy atom. The van der Waals surface area contributed by atoms with Crippen molar-refractivity contribution in [2.75, 3.05) is 73.0 Å². The molecule has 2 fully saturated rings. The van der Waals surface area contributed by atoms with Gasteiger partial charge in [-0.15, -0.1) is 0 Å². The lowest BCUT2D eigenvalue weighted by atomic mass is 10.2. The lowest BCUT2D eigenvalue weighted by molar-refractivity contribution is 0.0230. The van der Waals surface area contributed by atoms with Gasteiger partial charge in [0.1, 0.15) is 22.8 Å². The number of piperazine rings is 2. The van der Waals surface area contributed by atoms with Crippen molar-refractivity contribution in [2.45, 2.75) is 52.7 Å². The van der Waals surface area contributed by atoms with Crippen LogP contribution in [0.5, 0.6) is 0 Å². The number of rotatable bonds is 5. The summed E-state index contributed by atoms with van der Waals surface area (Å²) >= 11 is 0. The van der Waals surface area contributed by atoms with Gasteiger partial charge in [-0.2, -0.15) is 0 Å². The highest BCUT2D eigenvalue weighted by atomic mass is 16.6. The van der Waals surface area contributed by atoms with Crippen molar-refractivity contribution in [3.05, 3.63) is 36.7 Å². The Bertz CT molecular complexity index is 1040. The van der Waals surface area contributed by atoms with Gasteiger partial charge in [0.25, 0.3) is 0 Å². The molecule has 2 aliphatic rings. The van der Waals surface area contributed by atoms with E-state index in [-0.39, 0.29) is 12.2 Å². The average molecular weight is 555 g/mol. The van der Waals surface area contributed by atoms with Crippen LogP contribution in [0, 0.1) is 0 Å². The fourth-order valence-corrected chi connectivity index (χ4v) is 4.37. The Balaban J connectivity index is 1.20. The van der Waals surface area contributed by atoms with Crippen LogP contribution in [-0.4, -0.2) is 95.5 Å². The molecule has 0 unspecified atom stereocenters.